The molecule has 0 bridgehead atoms. The number of aromatic amines is 1. The van der Waals surface area contributed by atoms with Gasteiger partial charge in [0.2, 0.25) is 0 Å². The Morgan fingerprint density at radius 1 is 1.35 bits per heavy atom. The van der Waals surface area contributed by atoms with Crippen LogP contribution in [0.15, 0.2) is 9.59 Å². The van der Waals surface area contributed by atoms with Gasteiger partial charge in [0.25, 0.3) is 5.56 Å². The van der Waals surface area contributed by atoms with Crippen LogP contribution in [-0.4, -0.2) is 9.55 Å². The van der Waals surface area contributed by atoms with Crippen LogP contribution in [0, 0.1) is 0 Å². The highest BCUT2D eigenvalue weighted by atomic mass is 35.5. The van der Waals surface area contributed by atoms with Crippen LogP contribution < -0.4 is 11.2 Å². The lowest BCUT2D eigenvalue weighted by molar-refractivity contribution is 0.124. The van der Waals surface area contributed by atoms with Crippen LogP contribution in [0.3, 0.4) is 0 Å². The molecule has 1 heterocycles. The molecule has 17 heavy (non-hydrogen) atoms. The quantitative estimate of drug-likeness (QED) is 0.842. The maximum absolute atomic E-state index is 12.3. The Morgan fingerprint density at radius 2 is 2.00 bits per heavy atom. The van der Waals surface area contributed by atoms with E-state index in [0.29, 0.717) is 12.0 Å². The van der Waals surface area contributed by atoms with Gasteiger partial charge in [-0.15, -0.1) is 0 Å². The van der Waals surface area contributed by atoms with E-state index in [-0.39, 0.29) is 21.9 Å². The van der Waals surface area contributed by atoms with E-state index in [9.17, 15) is 9.59 Å². The van der Waals surface area contributed by atoms with Gasteiger partial charge in [-0.2, -0.15) is 0 Å². The van der Waals surface area contributed by atoms with Crippen LogP contribution in [-0.2, 0) is 12.0 Å². The molecule has 1 fully saturated rings. The second-order valence-corrected chi connectivity index (χ2v) is 5.03. The van der Waals surface area contributed by atoms with Crippen LogP contribution >= 0.6 is 11.6 Å². The molecule has 1 N–H and O–H groups in total. The van der Waals surface area contributed by atoms with E-state index < -0.39 is 0 Å². The fraction of sp³-hybridized carbons (Fsp3) is 0.667. The van der Waals surface area contributed by atoms with Crippen molar-refractivity contribution in [2.45, 2.75) is 51.5 Å². The number of nitrogens with one attached hydrogen (secondary N) is 1. The first-order chi connectivity index (χ1) is 8.05. The van der Waals surface area contributed by atoms with Crippen molar-refractivity contribution in [2.24, 2.45) is 0 Å². The van der Waals surface area contributed by atoms with Gasteiger partial charge in [0.05, 0.1) is 11.1 Å². The maximum atomic E-state index is 12.3. The van der Waals surface area contributed by atoms with Crippen LogP contribution in [0.2, 0.25) is 5.15 Å². The number of H-pyrrole nitrogens is 1. The summed E-state index contributed by atoms with van der Waals surface area (Å²) in [4.78, 5) is 26.8. The normalized spacial score (nSPS) is 17.8. The van der Waals surface area contributed by atoms with Crippen molar-refractivity contribution in [3.8, 4) is 0 Å². The van der Waals surface area contributed by atoms with Crippen molar-refractivity contribution in [2.75, 3.05) is 0 Å². The van der Waals surface area contributed by atoms with Gasteiger partial charge >= 0.3 is 5.69 Å². The molecule has 0 radical (unpaired) electrons. The molecule has 0 unspecified atom stereocenters. The van der Waals surface area contributed by atoms with Gasteiger partial charge < -0.3 is 0 Å². The van der Waals surface area contributed by atoms with Crippen molar-refractivity contribution >= 4 is 11.6 Å². The van der Waals surface area contributed by atoms with Crippen LogP contribution in [0.1, 0.15) is 45.1 Å². The number of hydrogen-bond acceptors (Lipinski definition) is 2. The van der Waals surface area contributed by atoms with E-state index in [4.69, 9.17) is 11.6 Å². The average molecular weight is 257 g/mol. The fourth-order valence-electron chi connectivity index (χ4n) is 2.60. The molecule has 0 spiro atoms. The van der Waals surface area contributed by atoms with Crippen LogP contribution in [0.5, 0.6) is 0 Å². The summed E-state index contributed by atoms with van der Waals surface area (Å²) in [6.07, 6.45) is 4.22. The molecule has 4 nitrogen and oxygen atoms in total. The van der Waals surface area contributed by atoms with Crippen LogP contribution in [0.4, 0.5) is 0 Å². The first-order valence-electron chi connectivity index (χ1n) is 6.10. The highest BCUT2D eigenvalue weighted by molar-refractivity contribution is 6.30. The summed E-state index contributed by atoms with van der Waals surface area (Å²) in [6.45, 7) is 3.88. The van der Waals surface area contributed by atoms with Crippen molar-refractivity contribution in [1.82, 2.24) is 9.55 Å². The predicted molar refractivity (Wildman–Crippen MR) is 67.8 cm³/mol. The summed E-state index contributed by atoms with van der Waals surface area (Å²) >= 11 is 5.89. The molecule has 1 aliphatic carbocycles. The minimum atomic E-state index is -0.376. The Hall–Kier alpha value is -1.03. The molecule has 94 valence electrons. The number of aromatic nitrogens is 2. The zero-order valence-electron chi connectivity index (χ0n) is 10.2. The Morgan fingerprint density at radius 3 is 2.41 bits per heavy atom. The molecule has 0 amide bonds. The van der Waals surface area contributed by atoms with Crippen molar-refractivity contribution < 1.29 is 0 Å². The number of hydrogen-bond donors (Lipinski definition) is 1. The van der Waals surface area contributed by atoms with E-state index in [1.54, 1.807) is 0 Å². The Kier molecular flexibility index (Phi) is 3.17. The maximum Gasteiger partial charge on any atom is 0.330 e. The van der Waals surface area contributed by atoms with Gasteiger partial charge in [-0.1, -0.05) is 25.4 Å². The van der Waals surface area contributed by atoms with Gasteiger partial charge in [-0.3, -0.25) is 14.3 Å². The molecule has 1 aromatic rings. The summed E-state index contributed by atoms with van der Waals surface area (Å²) in [5.41, 5.74) is -0.369. The van der Waals surface area contributed by atoms with Crippen molar-refractivity contribution in [3.05, 3.63) is 31.6 Å². The molecule has 1 saturated carbocycles. The van der Waals surface area contributed by atoms with E-state index in [1.807, 2.05) is 13.8 Å². The van der Waals surface area contributed by atoms with Gasteiger partial charge in [0, 0.05) is 0 Å². The second kappa shape index (κ2) is 4.33. The fourth-order valence-corrected chi connectivity index (χ4v) is 2.90. The summed E-state index contributed by atoms with van der Waals surface area (Å²) < 4.78 is 1.39. The van der Waals surface area contributed by atoms with Gasteiger partial charge in [0.15, 0.2) is 0 Å². The highest BCUT2D eigenvalue weighted by Gasteiger charge is 2.39. The molecular weight excluding hydrogens is 240 g/mol. The highest BCUT2D eigenvalue weighted by Crippen LogP contribution is 2.40. The summed E-state index contributed by atoms with van der Waals surface area (Å²) in [5, 5.41) is 0.185. The summed E-state index contributed by atoms with van der Waals surface area (Å²) in [5.74, 6) is 0. The lowest BCUT2D eigenvalue weighted by Crippen LogP contribution is -2.53. The summed E-state index contributed by atoms with van der Waals surface area (Å²) in [6, 6.07) is 0. The Balaban J connectivity index is 2.70. The standard InChI is InChI=1S/C12H17ClN2O2/c1-3-8-9(13)14-11(17)15(10(8)16)12(4-2)6-5-7-12/h3-7H2,1-2H3,(H,14,17). The van der Waals surface area contributed by atoms with E-state index >= 15 is 0 Å². The topological polar surface area (TPSA) is 54.9 Å². The average Bonchev–Trinajstić information content (AvgIpc) is 2.21. The zero-order valence-corrected chi connectivity index (χ0v) is 10.9. The SMILES string of the molecule is CCc1c(Cl)[nH]c(=O)n(C2(CC)CCC2)c1=O. The van der Waals surface area contributed by atoms with Gasteiger partial charge in [-0.05, 0) is 32.1 Å². The number of nitrogens with zero attached hydrogens (tertiary/aromatic N) is 1. The van der Waals surface area contributed by atoms with E-state index in [2.05, 4.69) is 4.98 Å². The van der Waals surface area contributed by atoms with Crippen molar-refractivity contribution in [3.63, 3.8) is 0 Å². The zero-order chi connectivity index (χ0) is 12.6. The molecule has 1 aromatic heterocycles. The minimum absolute atomic E-state index is 0.185. The summed E-state index contributed by atoms with van der Waals surface area (Å²) in [7, 11) is 0. The molecule has 1 aliphatic rings. The van der Waals surface area contributed by atoms with Crippen molar-refractivity contribution in [1.29, 1.82) is 0 Å². The van der Waals surface area contributed by atoms with Gasteiger partial charge in [0.1, 0.15) is 5.15 Å². The lowest BCUT2D eigenvalue weighted by atomic mass is 9.74. The predicted octanol–water partition coefficient (Wildman–Crippen LogP) is 2.04. The molecule has 0 aliphatic heterocycles. The third-order valence-electron chi connectivity index (χ3n) is 3.92. The first-order valence-corrected chi connectivity index (χ1v) is 6.47. The number of halogens is 1. The third-order valence-corrected chi connectivity index (χ3v) is 4.24. The monoisotopic (exact) mass is 256 g/mol. The van der Waals surface area contributed by atoms with Gasteiger partial charge in [-0.25, -0.2) is 4.79 Å². The Labute approximate surface area is 105 Å². The van der Waals surface area contributed by atoms with Crippen LogP contribution in [0.25, 0.3) is 0 Å². The smallest absolute Gasteiger partial charge is 0.297 e. The Bertz CT molecular complexity index is 535. The molecule has 2 rings (SSSR count). The molecule has 5 heteroatoms. The largest absolute Gasteiger partial charge is 0.330 e. The lowest BCUT2D eigenvalue weighted by Gasteiger charge is -2.42. The molecule has 0 aromatic carbocycles. The number of rotatable bonds is 3. The minimum Gasteiger partial charge on any atom is -0.297 e. The van der Waals surface area contributed by atoms with E-state index in [1.165, 1.54) is 4.57 Å². The second-order valence-electron chi connectivity index (χ2n) is 4.65. The first kappa shape index (κ1) is 12.4. The molecule has 0 saturated heterocycles. The molecular formula is C12H17ClN2O2. The third kappa shape index (κ3) is 1.75. The molecule has 0 atom stereocenters. The van der Waals surface area contributed by atoms with E-state index in [0.717, 1.165) is 25.7 Å².